The Morgan fingerprint density at radius 3 is 2.81 bits per heavy atom. The van der Waals surface area contributed by atoms with Crippen LogP contribution in [0.3, 0.4) is 0 Å². The highest BCUT2D eigenvalue weighted by atomic mass is 19.1. The summed E-state index contributed by atoms with van der Waals surface area (Å²) in [5, 5.41) is 9.39. The van der Waals surface area contributed by atoms with Crippen molar-refractivity contribution in [3.8, 4) is 0 Å². The van der Waals surface area contributed by atoms with Crippen LogP contribution in [0, 0.1) is 5.82 Å². The third-order valence-corrected chi connectivity index (χ3v) is 2.31. The van der Waals surface area contributed by atoms with E-state index in [0.717, 1.165) is 5.39 Å². The molecule has 0 radical (unpaired) electrons. The van der Waals surface area contributed by atoms with Gasteiger partial charge in [0.25, 0.3) is 0 Å². The van der Waals surface area contributed by atoms with Crippen molar-refractivity contribution in [1.29, 1.82) is 0 Å². The van der Waals surface area contributed by atoms with Gasteiger partial charge in [-0.3, -0.25) is 9.78 Å². The molecule has 0 unspecified atom stereocenters. The van der Waals surface area contributed by atoms with E-state index >= 15 is 0 Å². The van der Waals surface area contributed by atoms with Crippen molar-refractivity contribution in [3.63, 3.8) is 0 Å². The molecule has 0 amide bonds. The van der Waals surface area contributed by atoms with Gasteiger partial charge in [-0.15, -0.1) is 0 Å². The first-order valence-corrected chi connectivity index (χ1v) is 4.92. The molecule has 0 aliphatic heterocycles. The number of aliphatic carboxylic acids is 1. The molecular weight excluding hydrogens is 209 g/mol. The van der Waals surface area contributed by atoms with Crippen LogP contribution in [-0.4, -0.2) is 16.1 Å². The number of nitrogens with zero attached hydrogens (tertiary/aromatic N) is 1. The Morgan fingerprint density at radius 1 is 1.31 bits per heavy atom. The molecule has 0 atom stereocenters. The molecule has 16 heavy (non-hydrogen) atoms. The SMILES string of the molecule is O=C(O)CCc1ccc2ccc(F)cc2n1. The number of carbonyl (C=O) groups is 1. The minimum absolute atomic E-state index is 0.0355. The van der Waals surface area contributed by atoms with Gasteiger partial charge in [0, 0.05) is 23.6 Å². The second-order valence-corrected chi connectivity index (χ2v) is 3.53. The molecule has 0 saturated carbocycles. The number of hydrogen-bond donors (Lipinski definition) is 1. The second-order valence-electron chi connectivity index (χ2n) is 3.53. The first kappa shape index (κ1) is 10.5. The topological polar surface area (TPSA) is 50.2 Å². The van der Waals surface area contributed by atoms with Gasteiger partial charge in [0.1, 0.15) is 5.82 Å². The zero-order valence-electron chi connectivity index (χ0n) is 8.48. The van der Waals surface area contributed by atoms with E-state index in [1.54, 1.807) is 12.1 Å². The monoisotopic (exact) mass is 219 g/mol. The number of aromatic nitrogens is 1. The van der Waals surface area contributed by atoms with Crippen LogP contribution in [0.1, 0.15) is 12.1 Å². The Kier molecular flexibility index (Phi) is 2.81. The normalized spacial score (nSPS) is 10.6. The fourth-order valence-electron chi connectivity index (χ4n) is 1.51. The number of carboxylic acid groups (broad SMARTS) is 1. The summed E-state index contributed by atoms with van der Waals surface area (Å²) in [7, 11) is 0. The van der Waals surface area contributed by atoms with Gasteiger partial charge in [-0.2, -0.15) is 0 Å². The number of halogens is 1. The standard InChI is InChI=1S/C12H10FNO2/c13-9-3-1-8-2-4-10(5-6-12(15)16)14-11(8)7-9/h1-4,7H,5-6H2,(H,15,16). The van der Waals surface area contributed by atoms with E-state index in [-0.39, 0.29) is 12.2 Å². The highest BCUT2D eigenvalue weighted by Gasteiger charge is 2.02. The minimum Gasteiger partial charge on any atom is -0.481 e. The van der Waals surface area contributed by atoms with Gasteiger partial charge in [0.05, 0.1) is 11.9 Å². The second kappa shape index (κ2) is 4.26. The van der Waals surface area contributed by atoms with Crippen LogP contribution in [0.5, 0.6) is 0 Å². The molecule has 0 aliphatic carbocycles. The van der Waals surface area contributed by atoms with E-state index in [0.29, 0.717) is 17.6 Å². The molecule has 0 bridgehead atoms. The van der Waals surface area contributed by atoms with Crippen LogP contribution in [0.15, 0.2) is 30.3 Å². The molecular formula is C12H10FNO2. The molecule has 2 rings (SSSR count). The molecule has 0 saturated heterocycles. The third kappa shape index (κ3) is 2.34. The molecule has 1 aromatic heterocycles. The van der Waals surface area contributed by atoms with Crippen LogP contribution < -0.4 is 0 Å². The number of hydrogen-bond acceptors (Lipinski definition) is 2. The molecule has 0 aliphatic rings. The van der Waals surface area contributed by atoms with Crippen LogP contribution in [0.25, 0.3) is 10.9 Å². The maximum atomic E-state index is 12.9. The zero-order chi connectivity index (χ0) is 11.5. The highest BCUT2D eigenvalue weighted by Crippen LogP contribution is 2.14. The molecule has 2 aromatic rings. The fraction of sp³-hybridized carbons (Fsp3) is 0.167. The molecule has 1 N–H and O–H groups in total. The van der Waals surface area contributed by atoms with Gasteiger partial charge in [-0.25, -0.2) is 4.39 Å². The lowest BCUT2D eigenvalue weighted by molar-refractivity contribution is -0.136. The van der Waals surface area contributed by atoms with E-state index in [4.69, 9.17) is 5.11 Å². The van der Waals surface area contributed by atoms with Crippen LogP contribution in [-0.2, 0) is 11.2 Å². The lowest BCUT2D eigenvalue weighted by Gasteiger charge is -2.01. The van der Waals surface area contributed by atoms with Crippen molar-refractivity contribution in [3.05, 3.63) is 41.8 Å². The largest absolute Gasteiger partial charge is 0.481 e. The predicted molar refractivity (Wildman–Crippen MR) is 57.7 cm³/mol. The lowest BCUT2D eigenvalue weighted by Crippen LogP contribution is -1.99. The maximum Gasteiger partial charge on any atom is 0.303 e. The van der Waals surface area contributed by atoms with Crippen molar-refractivity contribution >= 4 is 16.9 Å². The average Bonchev–Trinajstić information content (AvgIpc) is 2.25. The average molecular weight is 219 g/mol. The molecule has 3 nitrogen and oxygen atoms in total. The molecule has 0 spiro atoms. The number of fused-ring (bicyclic) bond motifs is 1. The molecule has 1 aromatic carbocycles. The summed E-state index contributed by atoms with van der Waals surface area (Å²) >= 11 is 0. The summed E-state index contributed by atoms with van der Waals surface area (Å²) in [4.78, 5) is 14.6. The summed E-state index contributed by atoms with van der Waals surface area (Å²) in [5.74, 6) is -1.20. The Labute approximate surface area is 91.5 Å². The number of benzene rings is 1. The van der Waals surface area contributed by atoms with Crippen molar-refractivity contribution in [2.75, 3.05) is 0 Å². The Bertz CT molecular complexity index is 540. The fourth-order valence-corrected chi connectivity index (χ4v) is 1.51. The minimum atomic E-state index is -0.860. The summed E-state index contributed by atoms with van der Waals surface area (Å²) in [6.45, 7) is 0. The van der Waals surface area contributed by atoms with Crippen molar-refractivity contribution in [1.82, 2.24) is 4.98 Å². The smallest absolute Gasteiger partial charge is 0.303 e. The number of aryl methyl sites for hydroxylation is 1. The van der Waals surface area contributed by atoms with Crippen molar-refractivity contribution < 1.29 is 14.3 Å². The Balaban J connectivity index is 2.31. The zero-order valence-corrected chi connectivity index (χ0v) is 8.48. The predicted octanol–water partition coefficient (Wildman–Crippen LogP) is 2.39. The maximum absolute atomic E-state index is 12.9. The third-order valence-electron chi connectivity index (χ3n) is 2.31. The van der Waals surface area contributed by atoms with E-state index in [1.165, 1.54) is 12.1 Å². The van der Waals surface area contributed by atoms with Crippen LogP contribution in [0.2, 0.25) is 0 Å². The summed E-state index contributed by atoms with van der Waals surface area (Å²) in [6, 6.07) is 7.96. The van der Waals surface area contributed by atoms with E-state index in [9.17, 15) is 9.18 Å². The van der Waals surface area contributed by atoms with E-state index < -0.39 is 5.97 Å². The Hall–Kier alpha value is -1.97. The molecule has 0 fully saturated rings. The van der Waals surface area contributed by atoms with Gasteiger partial charge in [-0.05, 0) is 18.2 Å². The van der Waals surface area contributed by atoms with Gasteiger partial charge in [0.15, 0.2) is 0 Å². The van der Waals surface area contributed by atoms with E-state index in [1.807, 2.05) is 6.07 Å². The summed E-state index contributed by atoms with van der Waals surface area (Å²) < 4.78 is 12.9. The van der Waals surface area contributed by atoms with Crippen LogP contribution >= 0.6 is 0 Å². The summed E-state index contributed by atoms with van der Waals surface area (Å²) in [5.41, 5.74) is 1.23. The first-order valence-electron chi connectivity index (χ1n) is 4.92. The number of pyridine rings is 1. The highest BCUT2D eigenvalue weighted by molar-refractivity contribution is 5.78. The summed E-state index contributed by atoms with van der Waals surface area (Å²) in [6.07, 6.45) is 0.398. The molecule has 1 heterocycles. The Morgan fingerprint density at radius 2 is 2.06 bits per heavy atom. The lowest BCUT2D eigenvalue weighted by atomic mass is 10.1. The van der Waals surface area contributed by atoms with Gasteiger partial charge >= 0.3 is 5.97 Å². The van der Waals surface area contributed by atoms with Crippen LogP contribution in [0.4, 0.5) is 4.39 Å². The van der Waals surface area contributed by atoms with E-state index in [2.05, 4.69) is 4.98 Å². The van der Waals surface area contributed by atoms with Crippen molar-refractivity contribution in [2.45, 2.75) is 12.8 Å². The number of carboxylic acids is 1. The van der Waals surface area contributed by atoms with Gasteiger partial charge in [0.2, 0.25) is 0 Å². The van der Waals surface area contributed by atoms with Gasteiger partial charge in [-0.1, -0.05) is 6.07 Å². The first-order chi connectivity index (χ1) is 7.65. The molecule has 4 heteroatoms. The molecule has 82 valence electrons. The number of rotatable bonds is 3. The quantitative estimate of drug-likeness (QED) is 0.862. The van der Waals surface area contributed by atoms with Crippen molar-refractivity contribution in [2.24, 2.45) is 0 Å². The van der Waals surface area contributed by atoms with Gasteiger partial charge < -0.3 is 5.11 Å².